The normalized spacial score (nSPS) is 24.9. The highest BCUT2D eigenvalue weighted by Gasteiger charge is 2.52. The Labute approximate surface area is 352 Å². The molecular formula is C36H42N11O13P2+. The van der Waals surface area contributed by atoms with Crippen molar-refractivity contribution in [3.63, 3.8) is 0 Å². The summed E-state index contributed by atoms with van der Waals surface area (Å²) in [4.78, 5) is 67.7. The van der Waals surface area contributed by atoms with Crippen molar-refractivity contribution < 1.29 is 56.3 Å². The molecule has 0 radical (unpaired) electrons. The van der Waals surface area contributed by atoms with Gasteiger partial charge in [0, 0.05) is 33.4 Å². The Morgan fingerprint density at radius 2 is 1.84 bits per heavy atom. The number of aliphatic hydroxyl groups excluding tert-OH is 1. The lowest BCUT2D eigenvalue weighted by atomic mass is 9.95. The van der Waals surface area contributed by atoms with Crippen LogP contribution in [-0.2, 0) is 41.5 Å². The summed E-state index contributed by atoms with van der Waals surface area (Å²) in [6.45, 7) is 5.12. The average molecular weight is 899 g/mol. The predicted octanol–water partition coefficient (Wildman–Crippen LogP) is 3.18. The SMILES string of the molecule is CC(C)C(=O)Nc1nc2c(ncn2[C@@H]2O[C@H](CO)[C@@H](C)[C@H]2OP(=O)(OCCC#N)OC[C@H]2O[C@@H](c3cnn4c(NC(=O)c5ccccc5)ncnc34)[C@H](C)[C@@H]2O[P+](=O)O)c(=O)[nH]1. The molecule has 0 spiro atoms. The molecule has 62 heavy (non-hydrogen) atoms. The number of anilines is 2. The molecule has 328 valence electrons. The van der Waals surface area contributed by atoms with Crippen LogP contribution < -0.4 is 16.2 Å². The number of phosphoric acid groups is 1. The molecule has 0 saturated carbocycles. The van der Waals surface area contributed by atoms with Crippen LogP contribution in [0.5, 0.6) is 0 Å². The Kier molecular flexibility index (Phi) is 13.6. The molecule has 5 aromatic rings. The highest BCUT2D eigenvalue weighted by atomic mass is 31.2. The minimum Gasteiger partial charge on any atom is -0.394 e. The fourth-order valence-corrected chi connectivity index (χ4v) is 8.99. The van der Waals surface area contributed by atoms with Crippen molar-refractivity contribution in [3.8, 4) is 6.07 Å². The van der Waals surface area contributed by atoms with E-state index in [4.69, 9.17) is 27.6 Å². The summed E-state index contributed by atoms with van der Waals surface area (Å²) in [5.74, 6) is -2.83. The first-order chi connectivity index (χ1) is 29.7. The molecule has 0 bridgehead atoms. The summed E-state index contributed by atoms with van der Waals surface area (Å²) in [7, 11) is -7.95. The van der Waals surface area contributed by atoms with Crippen LogP contribution in [0.15, 0.2) is 54.0 Å². The quantitative estimate of drug-likeness (QED) is 0.0661. The summed E-state index contributed by atoms with van der Waals surface area (Å²) in [6, 6.07) is 10.3. The first kappa shape index (κ1) is 44.6. The summed E-state index contributed by atoms with van der Waals surface area (Å²) in [5, 5.41) is 29.1. The first-order valence-electron chi connectivity index (χ1n) is 19.2. The smallest absolute Gasteiger partial charge is 0.394 e. The molecule has 2 amide bonds. The highest BCUT2D eigenvalue weighted by Crippen LogP contribution is 2.56. The summed E-state index contributed by atoms with van der Waals surface area (Å²) >= 11 is 0. The number of H-pyrrole nitrogens is 1. The van der Waals surface area contributed by atoms with Crippen LogP contribution in [0.3, 0.4) is 0 Å². The number of amides is 2. The Hall–Kier alpha value is -5.44. The maximum Gasteiger partial charge on any atom is 0.695 e. The van der Waals surface area contributed by atoms with Crippen LogP contribution in [0.1, 0.15) is 62.4 Å². The van der Waals surface area contributed by atoms with Crippen LogP contribution in [0.2, 0.25) is 0 Å². The van der Waals surface area contributed by atoms with Gasteiger partial charge in [0.25, 0.3) is 11.5 Å². The van der Waals surface area contributed by atoms with Gasteiger partial charge in [-0.3, -0.25) is 48.1 Å². The van der Waals surface area contributed by atoms with Gasteiger partial charge in [-0.05, 0) is 12.1 Å². The number of ether oxygens (including phenoxy) is 2. The van der Waals surface area contributed by atoms with E-state index < -0.39 is 108 Å². The zero-order valence-electron chi connectivity index (χ0n) is 33.5. The van der Waals surface area contributed by atoms with E-state index in [2.05, 4.69) is 40.7 Å². The summed E-state index contributed by atoms with van der Waals surface area (Å²) in [5.41, 5.74) is 0.163. The Balaban J connectivity index is 1.15. The van der Waals surface area contributed by atoms with Crippen molar-refractivity contribution in [2.75, 3.05) is 30.5 Å². The number of aromatic nitrogens is 8. The number of rotatable bonds is 17. The maximum absolute atomic E-state index is 14.6. The number of hydrogen-bond acceptors (Lipinski definition) is 18. The third-order valence-corrected chi connectivity index (χ3v) is 12.1. The molecule has 26 heteroatoms. The van der Waals surface area contributed by atoms with Gasteiger partial charge in [-0.25, -0.2) is 19.5 Å². The van der Waals surface area contributed by atoms with Crippen molar-refractivity contribution in [2.24, 2.45) is 17.8 Å². The van der Waals surface area contributed by atoms with E-state index in [1.165, 1.54) is 27.9 Å². The van der Waals surface area contributed by atoms with Gasteiger partial charge in [0.05, 0.1) is 57.0 Å². The molecule has 24 nitrogen and oxygen atoms in total. The molecule has 1 aromatic carbocycles. The number of aromatic amines is 1. The highest BCUT2D eigenvalue weighted by molar-refractivity contribution is 7.48. The Morgan fingerprint density at radius 3 is 2.55 bits per heavy atom. The van der Waals surface area contributed by atoms with Gasteiger partial charge in [-0.15, -0.1) is 9.42 Å². The minimum atomic E-state index is -4.76. The molecule has 7 rings (SSSR count). The van der Waals surface area contributed by atoms with Gasteiger partial charge in [0.1, 0.15) is 24.6 Å². The van der Waals surface area contributed by atoms with E-state index in [1.807, 2.05) is 6.07 Å². The Morgan fingerprint density at radius 1 is 1.06 bits per heavy atom. The average Bonchev–Trinajstić information content (AvgIpc) is 4.02. The van der Waals surface area contributed by atoms with Gasteiger partial charge in [-0.1, -0.05) is 45.9 Å². The van der Waals surface area contributed by atoms with E-state index >= 15 is 0 Å². The number of imidazole rings is 1. The van der Waals surface area contributed by atoms with Crippen molar-refractivity contribution in [2.45, 2.75) is 70.9 Å². The molecule has 5 N–H and O–H groups in total. The van der Waals surface area contributed by atoms with E-state index in [1.54, 1.807) is 58.0 Å². The lowest BCUT2D eigenvalue weighted by molar-refractivity contribution is -0.118. The van der Waals surface area contributed by atoms with Gasteiger partial charge < -0.3 is 14.6 Å². The minimum absolute atomic E-state index is 0.0421. The molecular weight excluding hydrogens is 856 g/mol. The Bertz CT molecular complexity index is 2600. The number of nitriles is 1. The molecule has 0 aliphatic carbocycles. The van der Waals surface area contributed by atoms with Crippen molar-refractivity contribution >= 4 is 56.6 Å². The second-order valence-corrected chi connectivity index (χ2v) is 17.0. The lowest BCUT2D eigenvalue weighted by Gasteiger charge is -2.27. The number of carbonyl (C=O) groups is 2. The maximum atomic E-state index is 14.6. The number of benzene rings is 1. The van der Waals surface area contributed by atoms with Gasteiger partial charge in [0.15, 0.2) is 23.0 Å². The molecule has 2 aliphatic rings. The second-order valence-electron chi connectivity index (χ2n) is 14.7. The number of phosphoric ester groups is 1. The van der Waals surface area contributed by atoms with E-state index in [9.17, 15) is 38.8 Å². The molecule has 2 saturated heterocycles. The number of hydrogen-bond donors (Lipinski definition) is 5. The molecule has 2 unspecified atom stereocenters. The number of fused-ring (bicyclic) bond motifs is 2. The van der Waals surface area contributed by atoms with Crippen molar-refractivity contribution in [1.29, 1.82) is 5.26 Å². The van der Waals surface area contributed by atoms with Crippen LogP contribution in [0.25, 0.3) is 16.8 Å². The number of nitrogens with one attached hydrogen (secondary N) is 3. The van der Waals surface area contributed by atoms with Gasteiger partial charge in [-0.2, -0.15) is 19.9 Å². The van der Waals surface area contributed by atoms with Crippen molar-refractivity contribution in [1.82, 2.24) is 39.1 Å². The fraction of sp³-hybridized carbons (Fsp3) is 0.472. The third-order valence-electron chi connectivity index (χ3n) is 10.3. The molecule has 2 fully saturated rings. The topological polar surface area (TPSA) is 319 Å². The van der Waals surface area contributed by atoms with Crippen molar-refractivity contribution in [3.05, 3.63) is 70.7 Å². The van der Waals surface area contributed by atoms with Gasteiger partial charge in [0.2, 0.25) is 17.8 Å². The second kappa shape index (κ2) is 18.9. The first-order valence-corrected chi connectivity index (χ1v) is 21.8. The summed E-state index contributed by atoms with van der Waals surface area (Å²) in [6.07, 6.45) is -3.01. The van der Waals surface area contributed by atoms with E-state index in [0.29, 0.717) is 11.1 Å². The van der Waals surface area contributed by atoms with Crippen LogP contribution in [-0.4, -0.2) is 105 Å². The molecule has 4 aromatic heterocycles. The number of nitrogens with zero attached hydrogens (tertiary/aromatic N) is 8. The zero-order valence-corrected chi connectivity index (χ0v) is 35.3. The number of aliphatic hydroxyl groups is 1. The van der Waals surface area contributed by atoms with Gasteiger partial charge >= 0.3 is 16.1 Å². The standard InChI is InChI=1S/C36H41N11O13P2/c1-18(2)31(49)43-35-42-30-25(33(51)44-35)40-17-46(30)34-28(19(3)23(14-48)58-34)60-62(54,55-12-8-11-37)56-15-24-27(59-61(52)53)20(4)26(57-24)22-13-41-47-29(22)38-16-39-36(47)45-32(50)21-9-6-5-7-10-21/h5-7,9-10,13,16-20,23-24,26-28,34,48H,8,12,14-15H2,1-4H3,(H3-,38,39,41,42,43,44,45,49,50,51,52,53)/p+1/t19-,20+,23-,24-,26-,27+,28-,34-,62?/m1/s1. The molecule has 10 atom stereocenters. The molecule has 2 aliphatic heterocycles. The fourth-order valence-electron chi connectivity index (χ4n) is 7.02. The lowest BCUT2D eigenvalue weighted by Crippen LogP contribution is -2.32. The number of carbonyl (C=O) groups excluding carboxylic acids is 2. The van der Waals surface area contributed by atoms with E-state index in [0.717, 1.165) is 0 Å². The largest absolute Gasteiger partial charge is 0.695 e. The molecule has 6 heterocycles. The zero-order chi connectivity index (χ0) is 44.3. The third kappa shape index (κ3) is 9.32. The summed E-state index contributed by atoms with van der Waals surface area (Å²) < 4.78 is 64.9. The van der Waals surface area contributed by atoms with Crippen LogP contribution >= 0.6 is 16.1 Å². The van der Waals surface area contributed by atoms with E-state index in [-0.39, 0.29) is 35.1 Å². The monoisotopic (exact) mass is 898 g/mol. The van der Waals surface area contributed by atoms with Crippen LogP contribution in [0, 0.1) is 29.1 Å². The van der Waals surface area contributed by atoms with Crippen LogP contribution in [0.4, 0.5) is 11.9 Å². The predicted molar refractivity (Wildman–Crippen MR) is 213 cm³/mol.